The van der Waals surface area contributed by atoms with Crippen molar-refractivity contribution < 1.29 is 0 Å². The van der Waals surface area contributed by atoms with Crippen LogP contribution in [-0.4, -0.2) is 17.4 Å². The van der Waals surface area contributed by atoms with Crippen molar-refractivity contribution in [1.82, 2.24) is 5.32 Å². The minimum Gasteiger partial charge on any atom is -0.398 e. The van der Waals surface area contributed by atoms with Crippen LogP contribution in [0.4, 0.5) is 0 Å². The van der Waals surface area contributed by atoms with Crippen LogP contribution in [0, 0.1) is 5.41 Å². The normalized spacial score (nSPS) is 12.1. The highest BCUT2D eigenvalue weighted by Crippen LogP contribution is 2.37. The van der Waals surface area contributed by atoms with Gasteiger partial charge in [-0.3, -0.25) is 10.4 Å². The molecule has 0 fully saturated rings. The molecule has 0 bridgehead atoms. The molecule has 0 unspecified atom stereocenters. The van der Waals surface area contributed by atoms with Crippen molar-refractivity contribution in [2.75, 3.05) is 0 Å². The Morgan fingerprint density at radius 2 is 0.944 bits per heavy atom. The van der Waals surface area contributed by atoms with E-state index in [2.05, 4.69) is 163 Å². The molecule has 344 valence electrons. The van der Waals surface area contributed by atoms with Gasteiger partial charge in [0.2, 0.25) is 0 Å². The highest BCUT2D eigenvalue weighted by molar-refractivity contribution is 6.15. The first kappa shape index (κ1) is 45.0. The first-order valence-corrected chi connectivity index (χ1v) is 24.3. The van der Waals surface area contributed by atoms with Gasteiger partial charge in [-0.05, 0) is 106 Å². The van der Waals surface area contributed by atoms with Gasteiger partial charge in [-0.2, -0.15) is 0 Å². The molecule has 0 spiro atoms. The van der Waals surface area contributed by atoms with E-state index in [1.165, 1.54) is 32.7 Å². The molecular weight excluding hydrogens is 875 g/mol. The van der Waals surface area contributed by atoms with Crippen LogP contribution in [0.3, 0.4) is 0 Å². The summed E-state index contributed by atoms with van der Waals surface area (Å²) in [5.74, 6) is 0.880. The SMILES string of the molecule is N=C(N=C(NCc1ccc(-c2ccc3c(-c4cccc5cc(-c6ccc(/C(N)=C/C(=NCc7ccccc7)c7ccccc7)cc6)ccc45)cccc3c2)cc1)c1ccccc1)c1cccc2ccccc12. The van der Waals surface area contributed by atoms with E-state index in [1.807, 2.05) is 103 Å². The van der Waals surface area contributed by atoms with Gasteiger partial charge in [-0.1, -0.05) is 243 Å². The molecule has 0 atom stereocenters. The topological polar surface area (TPSA) is 86.6 Å². The van der Waals surface area contributed by atoms with Crippen LogP contribution in [0.5, 0.6) is 0 Å². The monoisotopic (exact) mass is 925 g/mol. The van der Waals surface area contributed by atoms with Gasteiger partial charge in [0.1, 0.15) is 5.84 Å². The second kappa shape index (κ2) is 20.6. The molecule has 0 aliphatic heterocycles. The zero-order chi connectivity index (χ0) is 48.6. The number of aliphatic imine (C=N–C) groups is 2. The predicted molar refractivity (Wildman–Crippen MR) is 304 cm³/mol. The van der Waals surface area contributed by atoms with Gasteiger partial charge in [-0.15, -0.1) is 0 Å². The largest absolute Gasteiger partial charge is 0.398 e. The summed E-state index contributed by atoms with van der Waals surface area (Å²) in [6.07, 6.45) is 1.98. The third kappa shape index (κ3) is 9.86. The lowest BCUT2D eigenvalue weighted by atomic mass is 9.91. The Bertz CT molecular complexity index is 3810. The summed E-state index contributed by atoms with van der Waals surface area (Å²) in [4.78, 5) is 9.82. The second-order valence-corrected chi connectivity index (χ2v) is 18.0. The average molecular weight is 926 g/mol. The van der Waals surface area contributed by atoms with Gasteiger partial charge in [0.25, 0.3) is 0 Å². The molecule has 0 amide bonds. The van der Waals surface area contributed by atoms with Crippen LogP contribution < -0.4 is 11.1 Å². The molecule has 0 saturated heterocycles. The molecule has 0 saturated carbocycles. The summed E-state index contributed by atoms with van der Waals surface area (Å²) in [5, 5.41) is 19.5. The lowest BCUT2D eigenvalue weighted by Gasteiger charge is -2.14. The van der Waals surface area contributed by atoms with E-state index >= 15 is 0 Å². The lowest BCUT2D eigenvalue weighted by molar-refractivity contribution is 0.915. The second-order valence-electron chi connectivity index (χ2n) is 18.0. The van der Waals surface area contributed by atoms with E-state index in [4.69, 9.17) is 21.1 Å². The third-order valence-electron chi connectivity index (χ3n) is 13.3. The molecule has 5 heteroatoms. The zero-order valence-corrected chi connectivity index (χ0v) is 39.7. The number of benzene rings is 11. The molecule has 5 nitrogen and oxygen atoms in total. The quantitative estimate of drug-likeness (QED) is 0.0842. The molecule has 0 heterocycles. The molecule has 11 aromatic rings. The van der Waals surface area contributed by atoms with E-state index in [0.717, 1.165) is 72.1 Å². The lowest BCUT2D eigenvalue weighted by Crippen LogP contribution is -2.25. The van der Waals surface area contributed by atoms with Crippen molar-refractivity contribution in [2.45, 2.75) is 13.1 Å². The van der Waals surface area contributed by atoms with Gasteiger partial charge < -0.3 is 11.1 Å². The molecule has 11 rings (SSSR count). The Hall–Kier alpha value is -9.45. The minimum atomic E-state index is 0.218. The number of fused-ring (bicyclic) bond motifs is 3. The Morgan fingerprint density at radius 1 is 0.431 bits per heavy atom. The summed E-state index contributed by atoms with van der Waals surface area (Å²) < 4.78 is 0. The first-order valence-electron chi connectivity index (χ1n) is 24.3. The summed E-state index contributed by atoms with van der Waals surface area (Å²) in [5.41, 5.74) is 21.3. The van der Waals surface area contributed by atoms with Crippen LogP contribution in [0.15, 0.2) is 271 Å². The Morgan fingerprint density at radius 3 is 1.58 bits per heavy atom. The number of nitrogens with zero attached hydrogens (tertiary/aromatic N) is 2. The molecule has 72 heavy (non-hydrogen) atoms. The zero-order valence-electron chi connectivity index (χ0n) is 39.7. The standard InChI is InChI=1S/C67H51N5/c68-64(43-65(52-18-6-2-7-19-52)70-44-46-15-4-1-5-16-46)51-35-33-49(34-36-51)55-38-40-60-57(42-55)24-14-27-62(60)61-26-13-23-56-41-54(37-39-59(56)61)48-31-29-47(30-32-48)45-71-67(53-20-8-3-9-21-53)72-66(69)63-28-12-22-50-17-10-11-25-58(50)63/h1-43H,44-45,68H2,(H2,69,71,72)/b64-43-,70-65?. The van der Waals surface area contributed by atoms with Crippen molar-refractivity contribution in [1.29, 1.82) is 5.41 Å². The molecule has 0 aliphatic rings. The van der Waals surface area contributed by atoms with Crippen LogP contribution in [0.2, 0.25) is 0 Å². The Labute approximate surface area is 420 Å². The van der Waals surface area contributed by atoms with Gasteiger partial charge in [0.15, 0.2) is 5.84 Å². The summed E-state index contributed by atoms with van der Waals surface area (Å²) in [6.45, 7) is 1.14. The van der Waals surface area contributed by atoms with E-state index < -0.39 is 0 Å². The molecule has 0 aliphatic carbocycles. The van der Waals surface area contributed by atoms with Gasteiger partial charge >= 0.3 is 0 Å². The molecular formula is C67H51N5. The third-order valence-corrected chi connectivity index (χ3v) is 13.3. The number of allylic oxidation sites excluding steroid dienone is 1. The van der Waals surface area contributed by atoms with E-state index in [-0.39, 0.29) is 5.84 Å². The number of rotatable bonds is 12. The minimum absolute atomic E-state index is 0.218. The summed E-state index contributed by atoms with van der Waals surface area (Å²) >= 11 is 0. The Balaban J connectivity index is 0.803. The number of nitrogens with two attached hydrogens (primary N) is 1. The maximum absolute atomic E-state index is 9.03. The van der Waals surface area contributed by atoms with Crippen LogP contribution in [-0.2, 0) is 13.1 Å². The van der Waals surface area contributed by atoms with Crippen molar-refractivity contribution in [3.8, 4) is 33.4 Å². The number of hydrogen-bond acceptors (Lipinski definition) is 3. The highest BCUT2D eigenvalue weighted by atomic mass is 15.0. The van der Waals surface area contributed by atoms with Crippen molar-refractivity contribution in [2.24, 2.45) is 15.7 Å². The molecule has 11 aromatic carbocycles. The highest BCUT2D eigenvalue weighted by Gasteiger charge is 2.13. The fraction of sp³-hybridized carbons (Fsp3) is 0.0299. The predicted octanol–water partition coefficient (Wildman–Crippen LogP) is 15.7. The summed E-state index contributed by atoms with van der Waals surface area (Å²) in [6, 6.07) is 88.6. The number of amidine groups is 2. The van der Waals surface area contributed by atoms with Gasteiger partial charge in [0.05, 0.1) is 12.3 Å². The van der Waals surface area contributed by atoms with Crippen molar-refractivity contribution in [3.63, 3.8) is 0 Å². The fourth-order valence-corrected chi connectivity index (χ4v) is 9.48. The molecule has 0 aromatic heterocycles. The van der Waals surface area contributed by atoms with Crippen LogP contribution in [0.1, 0.15) is 33.4 Å². The van der Waals surface area contributed by atoms with Crippen LogP contribution >= 0.6 is 0 Å². The molecule has 0 radical (unpaired) electrons. The average Bonchev–Trinajstić information content (AvgIpc) is 3.45. The van der Waals surface area contributed by atoms with Gasteiger partial charge in [-0.25, -0.2) is 4.99 Å². The van der Waals surface area contributed by atoms with E-state index in [0.29, 0.717) is 24.6 Å². The Kier molecular flexibility index (Phi) is 12.9. The first-order chi connectivity index (χ1) is 35.5. The van der Waals surface area contributed by atoms with E-state index in [1.54, 1.807) is 0 Å². The fourth-order valence-electron chi connectivity index (χ4n) is 9.48. The number of nitrogens with one attached hydrogen (secondary N) is 2. The smallest absolute Gasteiger partial charge is 0.154 e. The maximum atomic E-state index is 9.03. The number of hydrogen-bond donors (Lipinski definition) is 3. The summed E-state index contributed by atoms with van der Waals surface area (Å²) in [7, 11) is 0. The van der Waals surface area contributed by atoms with Crippen molar-refractivity contribution in [3.05, 3.63) is 294 Å². The van der Waals surface area contributed by atoms with Gasteiger partial charge in [0, 0.05) is 23.4 Å². The van der Waals surface area contributed by atoms with Crippen molar-refractivity contribution >= 4 is 55.4 Å². The van der Waals surface area contributed by atoms with Crippen LogP contribution in [0.25, 0.3) is 71.4 Å². The molecule has 4 N–H and O–H groups in total. The maximum Gasteiger partial charge on any atom is 0.154 e. The van der Waals surface area contributed by atoms with E-state index in [9.17, 15) is 0 Å².